The molecule has 2 N–H and O–H groups in total. The summed E-state index contributed by atoms with van der Waals surface area (Å²) in [5, 5.41) is 0. The molecule has 1 aliphatic rings. The maximum Gasteiger partial charge on any atom is 0.126 e. The molecule has 3 nitrogen and oxygen atoms in total. The second-order valence-electron chi connectivity index (χ2n) is 4.62. The molecule has 0 saturated carbocycles. The van der Waals surface area contributed by atoms with E-state index in [1.165, 1.54) is 11.1 Å². The predicted molar refractivity (Wildman–Crippen MR) is 68.8 cm³/mol. The van der Waals surface area contributed by atoms with Gasteiger partial charge in [0.15, 0.2) is 0 Å². The Morgan fingerprint density at radius 1 is 1.47 bits per heavy atom. The molecule has 0 spiro atoms. The molecule has 0 saturated heterocycles. The van der Waals surface area contributed by atoms with E-state index < -0.39 is 0 Å². The monoisotopic (exact) mass is 235 g/mol. The third-order valence-electron chi connectivity index (χ3n) is 3.23. The average molecular weight is 235 g/mol. The fraction of sp³-hybridized carbons (Fsp3) is 0.571. The molecule has 1 aromatic rings. The third kappa shape index (κ3) is 2.72. The number of methoxy groups -OCH3 is 1. The van der Waals surface area contributed by atoms with Crippen LogP contribution in [0.1, 0.15) is 30.9 Å². The minimum atomic E-state index is 0.217. The minimum absolute atomic E-state index is 0.217. The van der Waals surface area contributed by atoms with Crippen molar-refractivity contribution in [1.29, 1.82) is 0 Å². The smallest absolute Gasteiger partial charge is 0.126 e. The summed E-state index contributed by atoms with van der Waals surface area (Å²) in [5.74, 6) is 1.87. The molecule has 3 heteroatoms. The first-order valence-corrected chi connectivity index (χ1v) is 6.32. The Kier molecular flexibility index (Phi) is 3.89. The maximum absolute atomic E-state index is 6.10. The van der Waals surface area contributed by atoms with Crippen molar-refractivity contribution in [2.75, 3.05) is 13.7 Å². The second-order valence-corrected chi connectivity index (χ2v) is 4.62. The van der Waals surface area contributed by atoms with Gasteiger partial charge in [-0.15, -0.1) is 0 Å². The van der Waals surface area contributed by atoms with Crippen molar-refractivity contribution in [2.24, 2.45) is 5.73 Å². The van der Waals surface area contributed by atoms with Crippen LogP contribution in [0.4, 0.5) is 0 Å². The molecule has 0 amide bonds. The quantitative estimate of drug-likeness (QED) is 0.851. The Morgan fingerprint density at radius 3 is 3.00 bits per heavy atom. The van der Waals surface area contributed by atoms with Crippen molar-refractivity contribution in [2.45, 2.75) is 38.6 Å². The Bertz CT molecular complexity index is 390. The highest BCUT2D eigenvalue weighted by atomic mass is 16.5. The highest BCUT2D eigenvalue weighted by molar-refractivity contribution is 5.48. The van der Waals surface area contributed by atoms with Crippen LogP contribution in [-0.4, -0.2) is 19.8 Å². The molecule has 1 unspecified atom stereocenters. The molecule has 0 aromatic heterocycles. The van der Waals surface area contributed by atoms with Gasteiger partial charge in [-0.1, -0.05) is 13.3 Å². The first-order valence-electron chi connectivity index (χ1n) is 6.32. The minimum Gasteiger partial charge on any atom is -0.496 e. The van der Waals surface area contributed by atoms with Crippen LogP contribution in [0.25, 0.3) is 0 Å². The number of ether oxygens (including phenoxy) is 2. The molecule has 94 valence electrons. The van der Waals surface area contributed by atoms with Gasteiger partial charge in [0.05, 0.1) is 13.7 Å². The number of hydrogen-bond acceptors (Lipinski definition) is 3. The van der Waals surface area contributed by atoms with Crippen LogP contribution in [0.15, 0.2) is 12.1 Å². The summed E-state index contributed by atoms with van der Waals surface area (Å²) < 4.78 is 11.0. The Morgan fingerprint density at radius 2 is 2.29 bits per heavy atom. The third-order valence-corrected chi connectivity index (χ3v) is 3.23. The zero-order chi connectivity index (χ0) is 12.3. The number of hydrogen-bond donors (Lipinski definition) is 1. The molecule has 1 aromatic carbocycles. The fourth-order valence-corrected chi connectivity index (χ4v) is 2.36. The van der Waals surface area contributed by atoms with E-state index in [1.807, 2.05) is 6.07 Å². The van der Waals surface area contributed by atoms with E-state index in [0.29, 0.717) is 0 Å². The number of nitrogens with two attached hydrogens (primary N) is 1. The van der Waals surface area contributed by atoms with Crippen molar-refractivity contribution in [3.63, 3.8) is 0 Å². The molecular formula is C14H21NO2. The second kappa shape index (κ2) is 5.41. The molecule has 0 fully saturated rings. The molecule has 2 rings (SSSR count). The molecule has 17 heavy (non-hydrogen) atoms. The summed E-state index contributed by atoms with van der Waals surface area (Å²) >= 11 is 0. The van der Waals surface area contributed by atoms with Crippen LogP contribution < -0.4 is 15.2 Å². The lowest BCUT2D eigenvalue weighted by atomic mass is 9.99. The zero-order valence-corrected chi connectivity index (χ0v) is 10.7. The number of fused-ring (bicyclic) bond motifs is 1. The molecule has 0 aliphatic carbocycles. The Hall–Kier alpha value is -1.22. The van der Waals surface area contributed by atoms with Crippen LogP contribution in [-0.2, 0) is 12.8 Å². The summed E-state index contributed by atoms with van der Waals surface area (Å²) in [6, 6.07) is 4.40. The van der Waals surface area contributed by atoms with Gasteiger partial charge >= 0.3 is 0 Å². The highest BCUT2D eigenvalue weighted by Gasteiger charge is 2.17. The summed E-state index contributed by atoms with van der Waals surface area (Å²) in [6.45, 7) is 2.94. The largest absolute Gasteiger partial charge is 0.496 e. The number of benzene rings is 1. The van der Waals surface area contributed by atoms with Crippen molar-refractivity contribution in [1.82, 2.24) is 0 Å². The SMILES string of the molecule is CCCC(N)Cc1cc2c(cc1OC)OCC2. The van der Waals surface area contributed by atoms with Gasteiger partial charge in [-0.2, -0.15) is 0 Å². The Balaban J connectivity index is 2.20. The highest BCUT2D eigenvalue weighted by Crippen LogP contribution is 2.33. The van der Waals surface area contributed by atoms with Gasteiger partial charge in [-0.3, -0.25) is 0 Å². The molecule has 1 heterocycles. The predicted octanol–water partition coefficient (Wildman–Crippen LogP) is 2.30. The van der Waals surface area contributed by atoms with Crippen LogP contribution in [0.2, 0.25) is 0 Å². The standard InChI is InChI=1S/C14H21NO2/c1-3-4-12(15)8-11-7-10-5-6-17-14(10)9-13(11)16-2/h7,9,12H,3-6,8,15H2,1-2H3. The van der Waals surface area contributed by atoms with Gasteiger partial charge in [0.2, 0.25) is 0 Å². The molecule has 1 aliphatic heterocycles. The summed E-state index contributed by atoms with van der Waals surface area (Å²) in [6.07, 6.45) is 4.05. The lowest BCUT2D eigenvalue weighted by Gasteiger charge is -2.14. The van der Waals surface area contributed by atoms with E-state index in [1.54, 1.807) is 7.11 Å². The number of rotatable bonds is 5. The molecule has 1 atom stereocenters. The summed E-state index contributed by atoms with van der Waals surface area (Å²) in [4.78, 5) is 0. The Labute approximate surface area is 103 Å². The van der Waals surface area contributed by atoms with Crippen molar-refractivity contribution < 1.29 is 9.47 Å². The van der Waals surface area contributed by atoms with E-state index >= 15 is 0 Å². The summed E-state index contributed by atoms with van der Waals surface area (Å²) in [5.41, 5.74) is 8.59. The van der Waals surface area contributed by atoms with Crippen molar-refractivity contribution in [3.8, 4) is 11.5 Å². The van der Waals surface area contributed by atoms with E-state index in [4.69, 9.17) is 15.2 Å². The van der Waals surface area contributed by atoms with Gasteiger partial charge in [0.1, 0.15) is 11.5 Å². The molecule has 0 radical (unpaired) electrons. The lowest BCUT2D eigenvalue weighted by molar-refractivity contribution is 0.352. The topological polar surface area (TPSA) is 44.5 Å². The van der Waals surface area contributed by atoms with Crippen LogP contribution in [0.5, 0.6) is 11.5 Å². The first kappa shape index (κ1) is 12.2. The van der Waals surface area contributed by atoms with Gasteiger partial charge in [0, 0.05) is 18.5 Å². The normalized spacial score (nSPS) is 15.2. The molecular weight excluding hydrogens is 214 g/mol. The maximum atomic E-state index is 6.10. The van der Waals surface area contributed by atoms with E-state index in [0.717, 1.165) is 43.8 Å². The van der Waals surface area contributed by atoms with Crippen LogP contribution in [0, 0.1) is 0 Å². The van der Waals surface area contributed by atoms with Crippen molar-refractivity contribution >= 4 is 0 Å². The molecule has 0 bridgehead atoms. The van der Waals surface area contributed by atoms with Gasteiger partial charge in [-0.25, -0.2) is 0 Å². The van der Waals surface area contributed by atoms with Crippen LogP contribution in [0.3, 0.4) is 0 Å². The van der Waals surface area contributed by atoms with E-state index in [9.17, 15) is 0 Å². The zero-order valence-electron chi connectivity index (χ0n) is 10.7. The van der Waals surface area contributed by atoms with Gasteiger partial charge in [-0.05, 0) is 30.0 Å². The van der Waals surface area contributed by atoms with Crippen molar-refractivity contribution in [3.05, 3.63) is 23.3 Å². The first-order chi connectivity index (χ1) is 8.24. The average Bonchev–Trinajstić information content (AvgIpc) is 2.75. The lowest BCUT2D eigenvalue weighted by Crippen LogP contribution is -2.22. The fourth-order valence-electron chi connectivity index (χ4n) is 2.36. The van der Waals surface area contributed by atoms with E-state index in [2.05, 4.69) is 13.0 Å². The summed E-state index contributed by atoms with van der Waals surface area (Å²) in [7, 11) is 1.70. The van der Waals surface area contributed by atoms with Crippen LogP contribution >= 0.6 is 0 Å². The van der Waals surface area contributed by atoms with Gasteiger partial charge in [0.25, 0.3) is 0 Å². The van der Waals surface area contributed by atoms with Gasteiger partial charge < -0.3 is 15.2 Å². The van der Waals surface area contributed by atoms with E-state index in [-0.39, 0.29) is 6.04 Å².